The summed E-state index contributed by atoms with van der Waals surface area (Å²) < 4.78 is 36.2. The number of aliphatic hydroxyl groups is 3. The molecule has 5 unspecified atom stereocenters. The lowest BCUT2D eigenvalue weighted by molar-refractivity contribution is -0.155. The molecule has 2 heterocycles. The number of rotatable bonds is 6. The Morgan fingerprint density at radius 3 is 2.50 bits per heavy atom. The van der Waals surface area contributed by atoms with Gasteiger partial charge in [-0.1, -0.05) is 6.07 Å². The highest BCUT2D eigenvalue weighted by Gasteiger charge is 2.53. The third-order valence-electron chi connectivity index (χ3n) is 6.32. The lowest BCUT2D eigenvalue weighted by Gasteiger charge is -2.41. The molecule has 0 radical (unpaired) electrons. The molecule has 3 aliphatic rings. The van der Waals surface area contributed by atoms with Crippen LogP contribution in [0.5, 0.6) is 5.75 Å². The first-order valence-corrected chi connectivity index (χ1v) is 11.1. The van der Waals surface area contributed by atoms with Crippen LogP contribution in [0.15, 0.2) is 23.8 Å². The molecule has 2 aliphatic heterocycles. The first-order chi connectivity index (χ1) is 16.2. The van der Waals surface area contributed by atoms with E-state index in [2.05, 4.69) is 5.32 Å². The van der Waals surface area contributed by atoms with E-state index < -0.39 is 54.6 Å². The third kappa shape index (κ3) is 4.99. The first kappa shape index (κ1) is 24.7. The highest BCUT2D eigenvalue weighted by atomic mass is 19.1. The van der Waals surface area contributed by atoms with Crippen LogP contribution in [-0.4, -0.2) is 82.7 Å². The second-order valence-corrected chi connectivity index (χ2v) is 8.80. The van der Waals surface area contributed by atoms with Crippen LogP contribution in [0, 0.1) is 11.2 Å². The number of aliphatic hydroxyl groups excluding tert-OH is 3. The van der Waals surface area contributed by atoms with Gasteiger partial charge in [-0.15, -0.1) is 0 Å². The summed E-state index contributed by atoms with van der Waals surface area (Å²) in [6.45, 7) is 3.02. The number of amides is 1. The van der Waals surface area contributed by atoms with Gasteiger partial charge in [0.15, 0.2) is 11.6 Å². The molecule has 8 atom stereocenters. The number of carbonyl (C=O) groups excluding carboxylic acids is 1. The number of hydrogen-bond acceptors (Lipinski definition) is 9. The monoisotopic (exact) mass is 480 g/mol. The van der Waals surface area contributed by atoms with E-state index in [1.165, 1.54) is 25.1 Å². The average Bonchev–Trinajstić information content (AvgIpc) is 3.47. The highest BCUT2D eigenvalue weighted by molar-refractivity contribution is 5.97. The van der Waals surface area contributed by atoms with E-state index in [4.69, 9.17) is 24.4 Å². The van der Waals surface area contributed by atoms with Crippen molar-refractivity contribution in [2.24, 2.45) is 0 Å². The van der Waals surface area contributed by atoms with Crippen LogP contribution in [0.4, 0.5) is 4.39 Å². The molecule has 34 heavy (non-hydrogen) atoms. The second-order valence-electron chi connectivity index (χ2n) is 8.80. The summed E-state index contributed by atoms with van der Waals surface area (Å²) in [6, 6.07) is 3.04. The number of carbonyl (C=O) groups is 1. The minimum atomic E-state index is -1.46. The standard InChI is InChI=1S/C23H29FN2O8/c1-10(23(30)26-17-18(27)20(29)22-21(19(17)28)31-9-32-22)7-12-3-4-15(13(24)8-12)34-16-6-5-14(33-16)11(2)25/h3-4,7-8,14,16-22,25,27-29H,5-6,9H2,1-2H3,(H,26,30)/b10-7+,25-11?/t14?,16?,17?,18?,19?,20-,21+,22-/m1/s1. The molecule has 1 aromatic carbocycles. The topological polar surface area (TPSA) is 151 Å². The maximum absolute atomic E-state index is 14.6. The normalized spacial score (nSPS) is 35.6. The molecule has 10 nitrogen and oxygen atoms in total. The molecule has 2 saturated heterocycles. The van der Waals surface area contributed by atoms with Gasteiger partial charge >= 0.3 is 0 Å². The molecule has 1 amide bonds. The van der Waals surface area contributed by atoms with Gasteiger partial charge in [-0.25, -0.2) is 4.39 Å². The van der Waals surface area contributed by atoms with Crippen LogP contribution in [0.25, 0.3) is 6.08 Å². The van der Waals surface area contributed by atoms with Gasteiger partial charge in [0.1, 0.15) is 37.3 Å². The summed E-state index contributed by atoms with van der Waals surface area (Å²) in [7, 11) is 0. The molecular weight excluding hydrogens is 451 g/mol. The van der Waals surface area contributed by atoms with E-state index in [0.29, 0.717) is 24.1 Å². The fourth-order valence-electron chi connectivity index (χ4n) is 4.39. The van der Waals surface area contributed by atoms with Crippen LogP contribution >= 0.6 is 0 Å². The van der Waals surface area contributed by atoms with Crippen molar-refractivity contribution >= 4 is 17.7 Å². The van der Waals surface area contributed by atoms with Crippen molar-refractivity contribution < 1.29 is 43.5 Å². The molecule has 11 heteroatoms. The number of hydrogen-bond donors (Lipinski definition) is 5. The predicted octanol–water partition coefficient (Wildman–Crippen LogP) is 0.475. The Morgan fingerprint density at radius 1 is 1.15 bits per heavy atom. The van der Waals surface area contributed by atoms with E-state index in [1.54, 1.807) is 13.0 Å². The molecule has 4 rings (SSSR count). The maximum Gasteiger partial charge on any atom is 0.247 e. The van der Waals surface area contributed by atoms with E-state index >= 15 is 0 Å². The number of halogens is 1. The molecule has 1 saturated carbocycles. The van der Waals surface area contributed by atoms with Gasteiger partial charge in [-0.05, 0) is 44.0 Å². The zero-order valence-electron chi connectivity index (χ0n) is 18.8. The van der Waals surface area contributed by atoms with Crippen molar-refractivity contribution in [3.8, 4) is 5.75 Å². The van der Waals surface area contributed by atoms with Crippen LogP contribution in [0.3, 0.4) is 0 Å². The van der Waals surface area contributed by atoms with Gasteiger partial charge in [0.05, 0.1) is 12.1 Å². The average molecular weight is 480 g/mol. The fraction of sp³-hybridized carbons (Fsp3) is 0.565. The zero-order valence-corrected chi connectivity index (χ0v) is 18.8. The number of ether oxygens (including phenoxy) is 4. The van der Waals surface area contributed by atoms with Crippen molar-refractivity contribution in [2.75, 3.05) is 6.79 Å². The fourth-order valence-corrected chi connectivity index (χ4v) is 4.39. The Morgan fingerprint density at radius 2 is 1.85 bits per heavy atom. The van der Waals surface area contributed by atoms with Crippen LogP contribution in [0.1, 0.15) is 32.3 Å². The van der Waals surface area contributed by atoms with Crippen molar-refractivity contribution in [3.63, 3.8) is 0 Å². The molecule has 0 bridgehead atoms. The first-order valence-electron chi connectivity index (χ1n) is 11.1. The lowest BCUT2D eigenvalue weighted by Crippen LogP contribution is -2.67. The summed E-state index contributed by atoms with van der Waals surface area (Å²) in [5.74, 6) is -1.24. The summed E-state index contributed by atoms with van der Waals surface area (Å²) in [4.78, 5) is 12.7. The van der Waals surface area contributed by atoms with Crippen molar-refractivity contribution in [3.05, 3.63) is 35.2 Å². The SMILES string of the molecule is CC(=N)C1CCC(Oc2ccc(/C=C(\C)C(=O)NC3C(O)[C@@H](O)[C@H]4OCO[C@H]4C3O)cc2F)O1. The lowest BCUT2D eigenvalue weighted by atomic mass is 9.83. The van der Waals surface area contributed by atoms with Crippen LogP contribution < -0.4 is 10.1 Å². The van der Waals surface area contributed by atoms with Gasteiger partial charge in [0, 0.05) is 17.7 Å². The van der Waals surface area contributed by atoms with Crippen molar-refractivity contribution in [1.29, 1.82) is 5.41 Å². The Hall–Kier alpha value is -2.41. The van der Waals surface area contributed by atoms with Crippen LogP contribution in [0.2, 0.25) is 0 Å². The summed E-state index contributed by atoms with van der Waals surface area (Å²) >= 11 is 0. The van der Waals surface area contributed by atoms with Crippen LogP contribution in [-0.2, 0) is 19.0 Å². The number of benzene rings is 1. The number of nitrogens with one attached hydrogen (secondary N) is 2. The molecule has 0 spiro atoms. The van der Waals surface area contributed by atoms with Gasteiger partial charge in [-0.2, -0.15) is 0 Å². The molecule has 0 aromatic heterocycles. The maximum atomic E-state index is 14.6. The quantitative estimate of drug-likeness (QED) is 0.291. The zero-order chi connectivity index (χ0) is 24.6. The second kappa shape index (κ2) is 10.1. The largest absolute Gasteiger partial charge is 0.462 e. The highest BCUT2D eigenvalue weighted by Crippen LogP contribution is 2.30. The van der Waals surface area contributed by atoms with E-state index in [9.17, 15) is 24.5 Å². The summed E-state index contributed by atoms with van der Waals surface area (Å²) in [6.07, 6.45) is -4.17. The predicted molar refractivity (Wildman–Crippen MR) is 117 cm³/mol. The van der Waals surface area contributed by atoms with E-state index in [1.807, 2.05) is 0 Å². The Balaban J connectivity index is 1.39. The summed E-state index contributed by atoms with van der Waals surface area (Å²) in [5.41, 5.74) is 0.985. The Bertz CT molecular complexity index is 972. The van der Waals surface area contributed by atoms with E-state index in [0.717, 1.165) is 0 Å². The molecule has 5 N–H and O–H groups in total. The van der Waals surface area contributed by atoms with Gasteiger partial charge < -0.3 is 45.0 Å². The summed E-state index contributed by atoms with van der Waals surface area (Å²) in [5, 5.41) is 41.2. The molecular formula is C23H29FN2O8. The van der Waals surface area contributed by atoms with E-state index in [-0.39, 0.29) is 24.2 Å². The minimum absolute atomic E-state index is 0.00307. The minimum Gasteiger partial charge on any atom is -0.462 e. The van der Waals surface area contributed by atoms with Gasteiger partial charge in [-0.3, -0.25) is 4.79 Å². The molecule has 3 fully saturated rings. The Labute approximate surface area is 195 Å². The van der Waals surface area contributed by atoms with Gasteiger partial charge in [0.25, 0.3) is 0 Å². The smallest absolute Gasteiger partial charge is 0.247 e. The van der Waals surface area contributed by atoms with Gasteiger partial charge in [0.2, 0.25) is 12.2 Å². The Kier molecular flexibility index (Phi) is 7.31. The third-order valence-corrected chi connectivity index (χ3v) is 6.32. The molecule has 186 valence electrons. The molecule has 1 aromatic rings. The number of fused-ring (bicyclic) bond motifs is 1. The molecule has 1 aliphatic carbocycles. The van der Waals surface area contributed by atoms with Crippen molar-refractivity contribution in [1.82, 2.24) is 5.32 Å². The van der Waals surface area contributed by atoms with Crippen molar-refractivity contribution in [2.45, 2.75) is 75.6 Å².